The molecule has 0 aromatic heterocycles. The topological polar surface area (TPSA) is 105 Å². The minimum Gasteiger partial charge on any atom is -0.328 e. The highest BCUT2D eigenvalue weighted by atomic mass is 19.1. The lowest BCUT2D eigenvalue weighted by atomic mass is 9.97. The highest BCUT2D eigenvalue weighted by Gasteiger charge is 2.43. The van der Waals surface area contributed by atoms with Crippen molar-refractivity contribution in [1.29, 1.82) is 0 Å². The zero-order valence-corrected chi connectivity index (χ0v) is 15.1. The molecule has 1 heterocycles. The van der Waals surface area contributed by atoms with E-state index in [0.29, 0.717) is 16.9 Å². The van der Waals surface area contributed by atoms with E-state index in [2.05, 4.69) is 10.9 Å². The molecule has 2 N–H and O–H groups in total. The number of rotatable bonds is 5. The third kappa shape index (κ3) is 3.54. The number of Topliss-reactive ketones (excluding diaryl/α,β-unsaturated/α-hetero) is 1. The van der Waals surface area contributed by atoms with Gasteiger partial charge in [0.05, 0.1) is 22.2 Å². The molecule has 9 heteroatoms. The number of hydrogen-bond acceptors (Lipinski definition) is 6. The van der Waals surface area contributed by atoms with Crippen LogP contribution in [-0.2, 0) is 9.59 Å². The fourth-order valence-corrected chi connectivity index (χ4v) is 3.02. The summed E-state index contributed by atoms with van der Waals surface area (Å²) in [6.07, 6.45) is 0. The van der Waals surface area contributed by atoms with Crippen LogP contribution in [0.2, 0.25) is 0 Å². The van der Waals surface area contributed by atoms with E-state index in [1.54, 1.807) is 6.92 Å². The number of hydrazine groups is 1. The number of benzene rings is 2. The monoisotopic (exact) mass is 384 g/mol. The zero-order valence-electron chi connectivity index (χ0n) is 15.1. The van der Waals surface area contributed by atoms with Gasteiger partial charge in [-0.05, 0) is 36.8 Å². The summed E-state index contributed by atoms with van der Waals surface area (Å²) < 4.78 is 13.2. The molecule has 1 aliphatic heterocycles. The minimum atomic E-state index is -0.652. The quantitative estimate of drug-likeness (QED) is 0.355. The van der Waals surface area contributed by atoms with Crippen molar-refractivity contribution in [1.82, 2.24) is 10.3 Å². The average Bonchev–Trinajstić information content (AvgIpc) is 2.91. The van der Waals surface area contributed by atoms with Gasteiger partial charge in [-0.1, -0.05) is 12.1 Å². The molecule has 0 spiro atoms. The molecule has 0 saturated carbocycles. The number of likely N-dealkylation sites (N-methyl/N-ethyl adjacent to an activating group) is 1. The average molecular weight is 384 g/mol. The molecule has 0 aliphatic carbocycles. The summed E-state index contributed by atoms with van der Waals surface area (Å²) in [5, 5.41) is 10.7. The SMILES string of the molecule is C/C(NNc1ccc([N+](=O)[O-])cc1)=C1/C(=O)C(=O)N(C)C1c1ccc(F)cc1. The first-order valence-electron chi connectivity index (χ1n) is 8.34. The number of halogens is 1. The van der Waals surface area contributed by atoms with Gasteiger partial charge in [-0.3, -0.25) is 19.7 Å². The molecular weight excluding hydrogens is 367 g/mol. The molecule has 0 bridgehead atoms. The Kier molecular flexibility index (Phi) is 5.08. The van der Waals surface area contributed by atoms with Gasteiger partial charge < -0.3 is 15.8 Å². The predicted molar refractivity (Wildman–Crippen MR) is 99.5 cm³/mol. The predicted octanol–water partition coefficient (Wildman–Crippen LogP) is 2.71. The van der Waals surface area contributed by atoms with Gasteiger partial charge in [0.15, 0.2) is 0 Å². The van der Waals surface area contributed by atoms with E-state index in [-0.39, 0.29) is 11.3 Å². The summed E-state index contributed by atoms with van der Waals surface area (Å²) in [7, 11) is 1.51. The number of carbonyl (C=O) groups is 2. The molecule has 144 valence electrons. The first-order chi connectivity index (χ1) is 13.3. The number of anilines is 1. The van der Waals surface area contributed by atoms with Gasteiger partial charge >= 0.3 is 0 Å². The van der Waals surface area contributed by atoms with E-state index in [0.717, 1.165) is 0 Å². The number of non-ortho nitro benzene ring substituents is 1. The zero-order chi connectivity index (χ0) is 20.4. The van der Waals surface area contributed by atoms with Crippen molar-refractivity contribution >= 4 is 23.1 Å². The summed E-state index contributed by atoms with van der Waals surface area (Å²) in [6, 6.07) is 10.6. The molecule has 8 nitrogen and oxygen atoms in total. The normalized spacial score (nSPS) is 18.2. The van der Waals surface area contributed by atoms with E-state index < -0.39 is 28.5 Å². The van der Waals surface area contributed by atoms with Crippen LogP contribution in [0.5, 0.6) is 0 Å². The van der Waals surface area contributed by atoms with E-state index in [9.17, 15) is 24.1 Å². The Balaban J connectivity index is 1.87. The van der Waals surface area contributed by atoms with Gasteiger partial charge in [0, 0.05) is 24.9 Å². The molecule has 1 amide bonds. The number of nitro groups is 1. The number of allylic oxidation sites excluding steroid dienone is 1. The first-order valence-corrected chi connectivity index (χ1v) is 8.34. The van der Waals surface area contributed by atoms with Crippen LogP contribution in [0, 0.1) is 15.9 Å². The van der Waals surface area contributed by atoms with Gasteiger partial charge in [0.25, 0.3) is 17.4 Å². The molecule has 2 aromatic rings. The van der Waals surface area contributed by atoms with E-state index >= 15 is 0 Å². The van der Waals surface area contributed by atoms with Crippen LogP contribution in [0.4, 0.5) is 15.8 Å². The largest absolute Gasteiger partial charge is 0.328 e. The summed E-state index contributed by atoms with van der Waals surface area (Å²) in [5.74, 6) is -1.71. The lowest BCUT2D eigenvalue weighted by Gasteiger charge is -2.22. The van der Waals surface area contributed by atoms with Crippen molar-refractivity contribution in [3.05, 3.63) is 81.3 Å². The van der Waals surface area contributed by atoms with E-state index in [4.69, 9.17) is 0 Å². The molecule has 28 heavy (non-hydrogen) atoms. The molecule has 0 radical (unpaired) electrons. The van der Waals surface area contributed by atoms with Crippen LogP contribution in [0.1, 0.15) is 18.5 Å². The van der Waals surface area contributed by atoms with Crippen LogP contribution in [-0.4, -0.2) is 28.6 Å². The Morgan fingerprint density at radius 2 is 1.71 bits per heavy atom. The van der Waals surface area contributed by atoms with Crippen molar-refractivity contribution in [2.75, 3.05) is 12.5 Å². The van der Waals surface area contributed by atoms with Crippen LogP contribution in [0.25, 0.3) is 0 Å². The van der Waals surface area contributed by atoms with Gasteiger partial charge in [-0.15, -0.1) is 0 Å². The fraction of sp³-hybridized carbons (Fsp3) is 0.158. The number of ketones is 1. The number of likely N-dealkylation sites (tertiary alicyclic amines) is 1. The smallest absolute Gasteiger partial charge is 0.295 e. The van der Waals surface area contributed by atoms with Gasteiger partial charge in [-0.25, -0.2) is 4.39 Å². The van der Waals surface area contributed by atoms with Crippen molar-refractivity contribution in [2.45, 2.75) is 13.0 Å². The number of nitrogens with one attached hydrogen (secondary N) is 2. The third-order valence-corrected chi connectivity index (χ3v) is 4.48. The maximum absolute atomic E-state index is 13.2. The Bertz CT molecular complexity index is 970. The van der Waals surface area contributed by atoms with Crippen molar-refractivity contribution in [2.24, 2.45) is 0 Å². The Morgan fingerprint density at radius 3 is 2.29 bits per heavy atom. The van der Waals surface area contributed by atoms with Crippen LogP contribution in [0.15, 0.2) is 59.8 Å². The van der Waals surface area contributed by atoms with E-state index in [1.807, 2.05) is 0 Å². The second-order valence-electron chi connectivity index (χ2n) is 6.29. The number of carbonyl (C=O) groups excluding carboxylic acids is 2. The Morgan fingerprint density at radius 1 is 1.11 bits per heavy atom. The second kappa shape index (κ2) is 7.47. The first kappa shape index (κ1) is 19.0. The number of nitro benzene ring substituents is 1. The van der Waals surface area contributed by atoms with Crippen molar-refractivity contribution < 1.29 is 18.9 Å². The summed E-state index contributed by atoms with van der Waals surface area (Å²) in [6.45, 7) is 1.63. The molecule has 1 fully saturated rings. The molecule has 1 atom stereocenters. The van der Waals surface area contributed by atoms with Gasteiger partial charge in [0.1, 0.15) is 5.82 Å². The van der Waals surface area contributed by atoms with Gasteiger partial charge in [0.2, 0.25) is 0 Å². The number of nitrogens with zero attached hydrogens (tertiary/aromatic N) is 2. The maximum Gasteiger partial charge on any atom is 0.295 e. The Labute approximate surface area is 159 Å². The van der Waals surface area contributed by atoms with Crippen molar-refractivity contribution in [3.8, 4) is 0 Å². The van der Waals surface area contributed by atoms with Crippen LogP contribution in [0.3, 0.4) is 0 Å². The lowest BCUT2D eigenvalue weighted by molar-refractivity contribution is -0.384. The van der Waals surface area contributed by atoms with Crippen molar-refractivity contribution in [3.63, 3.8) is 0 Å². The molecule has 1 unspecified atom stereocenters. The number of hydrogen-bond donors (Lipinski definition) is 2. The molecule has 3 rings (SSSR count). The number of amides is 1. The maximum atomic E-state index is 13.2. The highest BCUT2D eigenvalue weighted by molar-refractivity contribution is 6.45. The van der Waals surface area contributed by atoms with Crippen LogP contribution < -0.4 is 10.9 Å². The van der Waals surface area contributed by atoms with Crippen LogP contribution >= 0.6 is 0 Å². The molecular formula is C19H17FN4O4. The summed E-state index contributed by atoms with van der Waals surface area (Å²) in [5.41, 5.74) is 7.46. The van der Waals surface area contributed by atoms with E-state index in [1.165, 1.54) is 60.5 Å². The molecule has 1 saturated heterocycles. The van der Waals surface area contributed by atoms with Gasteiger partial charge in [-0.2, -0.15) is 0 Å². The molecule has 1 aliphatic rings. The summed E-state index contributed by atoms with van der Waals surface area (Å²) in [4.78, 5) is 36.2. The molecule has 2 aromatic carbocycles. The second-order valence-corrected chi connectivity index (χ2v) is 6.29. The standard InChI is InChI=1S/C19H17FN4O4/c1-11(21-22-14-7-9-15(10-8-14)24(27)28)16-17(23(2)19(26)18(16)25)12-3-5-13(20)6-4-12/h3-10,17,21-22H,1-2H3/b16-11-. The third-order valence-electron chi connectivity index (χ3n) is 4.48. The summed E-state index contributed by atoms with van der Waals surface area (Å²) >= 11 is 0. The highest BCUT2D eigenvalue weighted by Crippen LogP contribution is 2.35. The minimum absolute atomic E-state index is 0.0461. The Hall–Kier alpha value is -3.75. The lowest BCUT2D eigenvalue weighted by Crippen LogP contribution is -2.25. The fourth-order valence-electron chi connectivity index (χ4n) is 3.02.